The number of hydrogen-bond donors (Lipinski definition) is 4. The predicted octanol–water partition coefficient (Wildman–Crippen LogP) is 4.15. The van der Waals surface area contributed by atoms with Gasteiger partial charge in [0.15, 0.2) is 0 Å². The lowest BCUT2D eigenvalue weighted by atomic mass is 9.45. The molecule has 2 aromatic rings. The minimum absolute atomic E-state index is 0.0587. The number of aliphatic hydroxyl groups is 2. The van der Waals surface area contributed by atoms with Crippen LogP contribution in [0.25, 0.3) is 11.1 Å². The molecule has 7 rings (SSSR count). The first-order chi connectivity index (χ1) is 20.6. The third kappa shape index (κ3) is 5.99. The molecular weight excluding hydrogens is 542 g/mol. The quantitative estimate of drug-likeness (QED) is 0.331. The Morgan fingerprint density at radius 1 is 1.09 bits per heavy atom. The molecule has 4 aliphatic carbocycles. The molecule has 4 saturated carbocycles. The summed E-state index contributed by atoms with van der Waals surface area (Å²) in [6, 6.07) is 15.0. The smallest absolute Gasteiger partial charge is 0.251 e. The summed E-state index contributed by atoms with van der Waals surface area (Å²) in [4.78, 5) is 32.8. The number of nitrogens with one attached hydrogen (secondary N) is 2. The van der Waals surface area contributed by atoms with Gasteiger partial charge in [-0.05, 0) is 96.6 Å². The second-order valence-corrected chi connectivity index (χ2v) is 14.2. The summed E-state index contributed by atoms with van der Waals surface area (Å²) in [5.41, 5.74) is 3.76. The number of fused-ring (bicyclic) bond motifs is 2. The van der Waals surface area contributed by atoms with Crippen molar-refractivity contribution < 1.29 is 24.6 Å². The van der Waals surface area contributed by atoms with Crippen LogP contribution in [0.3, 0.4) is 0 Å². The summed E-state index contributed by atoms with van der Waals surface area (Å²) in [5, 5.41) is 28.9. The van der Waals surface area contributed by atoms with Crippen molar-refractivity contribution in [3.05, 3.63) is 59.7 Å². The van der Waals surface area contributed by atoms with Crippen LogP contribution in [0.15, 0.2) is 48.5 Å². The zero-order valence-electron chi connectivity index (χ0n) is 25.8. The van der Waals surface area contributed by atoms with Crippen molar-refractivity contribution in [3.63, 3.8) is 0 Å². The van der Waals surface area contributed by atoms with E-state index in [0.717, 1.165) is 29.7 Å². The molecule has 0 radical (unpaired) electrons. The number of carbonyl (C=O) groups is 2. The second-order valence-electron chi connectivity index (χ2n) is 14.2. The molecular formula is C35H47N3O5. The topological polar surface area (TPSA) is 111 Å². The maximum Gasteiger partial charge on any atom is 0.251 e. The number of carbonyl (C=O) groups excluding carboxylic acids is 2. The first-order valence-electron chi connectivity index (χ1n) is 16.1. The molecule has 5 fully saturated rings. The molecule has 8 atom stereocenters. The lowest BCUT2D eigenvalue weighted by molar-refractivity contribution is -0.183. The Kier molecular flexibility index (Phi) is 8.41. The van der Waals surface area contributed by atoms with Gasteiger partial charge in [-0.2, -0.15) is 5.06 Å². The molecule has 0 aromatic heterocycles. The van der Waals surface area contributed by atoms with Gasteiger partial charge in [-0.1, -0.05) is 51.1 Å². The number of aliphatic hydroxyl groups excluding tert-OH is 2. The van der Waals surface area contributed by atoms with Crippen molar-refractivity contribution >= 4 is 11.8 Å². The molecule has 0 unspecified atom stereocenters. The van der Waals surface area contributed by atoms with Gasteiger partial charge in [0, 0.05) is 24.1 Å². The number of rotatable bonds is 10. The Balaban J connectivity index is 1.19. The number of amides is 2. The fraction of sp³-hybridized carbons (Fsp3) is 0.600. The van der Waals surface area contributed by atoms with Crippen molar-refractivity contribution in [1.29, 1.82) is 0 Å². The highest BCUT2D eigenvalue weighted by Crippen LogP contribution is 2.61. The van der Waals surface area contributed by atoms with E-state index < -0.39 is 24.2 Å². The molecule has 232 valence electrons. The van der Waals surface area contributed by atoms with Crippen LogP contribution in [-0.4, -0.2) is 64.5 Å². The van der Waals surface area contributed by atoms with Crippen LogP contribution in [0.5, 0.6) is 0 Å². The molecule has 0 spiro atoms. The van der Waals surface area contributed by atoms with Crippen LogP contribution in [0, 0.1) is 35.0 Å². The van der Waals surface area contributed by atoms with Crippen molar-refractivity contribution in [2.24, 2.45) is 35.0 Å². The Hall–Kier alpha value is -2.78. The fourth-order valence-corrected chi connectivity index (χ4v) is 8.01. The minimum Gasteiger partial charge on any atom is -0.394 e. The molecule has 2 amide bonds. The molecule has 8 heteroatoms. The van der Waals surface area contributed by atoms with E-state index in [2.05, 4.69) is 31.4 Å². The van der Waals surface area contributed by atoms with E-state index in [-0.39, 0.29) is 24.5 Å². The van der Waals surface area contributed by atoms with Gasteiger partial charge < -0.3 is 20.8 Å². The van der Waals surface area contributed by atoms with Crippen molar-refractivity contribution in [2.75, 3.05) is 13.2 Å². The maximum atomic E-state index is 13.9. The van der Waals surface area contributed by atoms with Gasteiger partial charge in [0.25, 0.3) is 5.91 Å². The largest absolute Gasteiger partial charge is 0.394 e. The maximum absolute atomic E-state index is 13.9. The highest BCUT2D eigenvalue weighted by atomic mass is 16.7. The van der Waals surface area contributed by atoms with Gasteiger partial charge in [0.2, 0.25) is 5.91 Å². The van der Waals surface area contributed by atoms with E-state index in [9.17, 15) is 19.8 Å². The molecule has 5 aliphatic rings. The highest BCUT2D eigenvalue weighted by Gasteiger charge is 2.57. The Morgan fingerprint density at radius 3 is 2.47 bits per heavy atom. The highest BCUT2D eigenvalue weighted by molar-refractivity contribution is 5.95. The Labute approximate surface area is 255 Å². The van der Waals surface area contributed by atoms with E-state index in [0.29, 0.717) is 41.2 Å². The third-order valence-corrected chi connectivity index (χ3v) is 11.0. The second kappa shape index (κ2) is 12.0. The zero-order valence-corrected chi connectivity index (χ0v) is 25.8. The van der Waals surface area contributed by atoms with Gasteiger partial charge in [-0.3, -0.25) is 14.4 Å². The summed E-state index contributed by atoms with van der Waals surface area (Å²) < 4.78 is 0. The van der Waals surface area contributed by atoms with Crippen LogP contribution in [0.2, 0.25) is 0 Å². The first-order valence-corrected chi connectivity index (χ1v) is 16.1. The normalized spacial score (nSPS) is 32.1. The van der Waals surface area contributed by atoms with Gasteiger partial charge >= 0.3 is 0 Å². The zero-order chi connectivity index (χ0) is 30.5. The van der Waals surface area contributed by atoms with Gasteiger partial charge in [0.1, 0.15) is 12.1 Å². The minimum atomic E-state index is -0.839. The molecule has 8 nitrogen and oxygen atoms in total. The molecule has 1 saturated heterocycles. The fourth-order valence-electron chi connectivity index (χ4n) is 8.01. The van der Waals surface area contributed by atoms with Crippen LogP contribution in [-0.2, 0) is 16.2 Å². The van der Waals surface area contributed by atoms with Crippen molar-refractivity contribution in [3.8, 4) is 11.1 Å². The van der Waals surface area contributed by atoms with Crippen LogP contribution in [0.1, 0.15) is 69.3 Å². The number of nitrogens with zero attached hydrogens (tertiary/aromatic N) is 1. The van der Waals surface area contributed by atoms with E-state index in [4.69, 9.17) is 4.84 Å². The lowest BCUT2D eigenvalue weighted by Crippen LogP contribution is -2.62. The number of hydroxylamine groups is 2. The molecule has 2 bridgehead atoms. The Morgan fingerprint density at radius 2 is 1.81 bits per heavy atom. The van der Waals surface area contributed by atoms with Gasteiger partial charge in [0.05, 0.1) is 19.3 Å². The number of benzene rings is 2. The molecule has 43 heavy (non-hydrogen) atoms. The van der Waals surface area contributed by atoms with Crippen molar-refractivity contribution in [2.45, 2.75) is 84.2 Å². The first kappa shape index (κ1) is 30.3. The summed E-state index contributed by atoms with van der Waals surface area (Å²) >= 11 is 0. The Bertz CT molecular complexity index is 1340. The van der Waals surface area contributed by atoms with E-state index >= 15 is 0 Å². The average Bonchev–Trinajstić information content (AvgIpc) is 3.75. The summed E-state index contributed by atoms with van der Waals surface area (Å²) in [6.07, 6.45) is 3.05. The van der Waals surface area contributed by atoms with Crippen LogP contribution in [0.4, 0.5) is 0 Å². The van der Waals surface area contributed by atoms with Crippen molar-refractivity contribution in [1.82, 2.24) is 15.7 Å². The summed E-state index contributed by atoms with van der Waals surface area (Å²) in [6.45, 7) is 9.35. The third-order valence-electron chi connectivity index (χ3n) is 11.0. The average molecular weight is 590 g/mol. The molecule has 4 N–H and O–H groups in total. The van der Waals surface area contributed by atoms with E-state index in [1.807, 2.05) is 48.5 Å². The lowest BCUT2D eigenvalue weighted by Gasteiger charge is -2.62. The molecule has 1 aliphatic heterocycles. The van der Waals surface area contributed by atoms with Gasteiger partial charge in [-0.15, -0.1) is 0 Å². The standard InChI is InChI=1S/C35H47N3O5/c1-20-28-15-27(35(28,3)4)16-29(20)37-34(42)32-31(21(2)40)30(19-39)43-38(32)18-23-7-5-8-24(13-23)25-9-6-10-26(14-25)33(41)36-17-22-11-12-22/h5-10,13-14,20-22,27-32,39-40H,11-12,15-19H2,1-4H3,(H,36,41)(H,37,42)/t20-,21-,27-,28+,29-,30-,31+,32-/m0/s1. The SMILES string of the molecule is C[C@@H]1[C@@H](NC(=O)[C@@H]2[C@H]([C@H](C)O)[C@H](CO)ON2Cc2cccc(-c3cccc(C(=O)NCC4CC4)c3)c2)C[C@@H]2C[C@H]1C2(C)C. The van der Waals surface area contributed by atoms with Crippen LogP contribution >= 0.6 is 0 Å². The molecule has 1 heterocycles. The molecule has 2 aromatic carbocycles. The monoisotopic (exact) mass is 589 g/mol. The van der Waals surface area contributed by atoms with E-state index in [1.54, 1.807) is 12.0 Å². The van der Waals surface area contributed by atoms with E-state index in [1.165, 1.54) is 19.3 Å². The number of hydrogen-bond acceptors (Lipinski definition) is 6. The summed E-state index contributed by atoms with van der Waals surface area (Å²) in [5.74, 6) is 1.42. The predicted molar refractivity (Wildman–Crippen MR) is 164 cm³/mol. The van der Waals surface area contributed by atoms with Crippen LogP contribution < -0.4 is 10.6 Å². The summed E-state index contributed by atoms with van der Waals surface area (Å²) in [7, 11) is 0. The van der Waals surface area contributed by atoms with Gasteiger partial charge in [-0.25, -0.2) is 0 Å².